The Bertz CT molecular complexity index is 646. The smallest absolute Gasteiger partial charge is 0.231 e. The van der Waals surface area contributed by atoms with E-state index in [0.29, 0.717) is 16.8 Å². The van der Waals surface area contributed by atoms with Gasteiger partial charge in [-0.25, -0.2) is 0 Å². The van der Waals surface area contributed by atoms with Gasteiger partial charge in [-0.15, -0.1) is 0 Å². The van der Waals surface area contributed by atoms with Gasteiger partial charge >= 0.3 is 0 Å². The molecule has 0 saturated heterocycles. The maximum atomic E-state index is 6.04. The Kier molecular flexibility index (Phi) is 4.11. The molecule has 2 aromatic carbocycles. The van der Waals surface area contributed by atoms with E-state index in [1.807, 2.05) is 36.4 Å². The first-order valence-electron chi connectivity index (χ1n) is 6.11. The molecule has 0 bridgehead atoms. The standard InChI is InChI=1S/C15H11BrCl2O2/c16-11(5-9-1-3-12(17)13(18)6-9)10-2-4-14-15(7-10)20-8-19-14/h1-4,6-7,11H,5,8H2. The molecule has 3 rings (SSSR count). The first kappa shape index (κ1) is 14.1. The lowest BCUT2D eigenvalue weighted by atomic mass is 10.0. The first-order chi connectivity index (χ1) is 9.63. The van der Waals surface area contributed by atoms with Gasteiger partial charge in [0.15, 0.2) is 11.5 Å². The van der Waals surface area contributed by atoms with Crippen LogP contribution in [0.1, 0.15) is 16.0 Å². The summed E-state index contributed by atoms with van der Waals surface area (Å²) in [7, 11) is 0. The normalized spacial score (nSPS) is 14.3. The van der Waals surface area contributed by atoms with Gasteiger partial charge < -0.3 is 9.47 Å². The Labute approximate surface area is 135 Å². The molecule has 0 aliphatic carbocycles. The van der Waals surface area contributed by atoms with E-state index in [4.69, 9.17) is 32.7 Å². The summed E-state index contributed by atoms with van der Waals surface area (Å²) in [5.41, 5.74) is 2.26. The van der Waals surface area contributed by atoms with Crippen LogP contribution in [0.3, 0.4) is 0 Å². The van der Waals surface area contributed by atoms with Gasteiger partial charge in [-0.05, 0) is 41.8 Å². The molecular weight excluding hydrogens is 363 g/mol. The Morgan fingerprint density at radius 1 is 1.00 bits per heavy atom. The highest BCUT2D eigenvalue weighted by Crippen LogP contribution is 2.37. The third-order valence-corrected chi connectivity index (χ3v) is 4.75. The predicted octanol–water partition coefficient (Wildman–Crippen LogP) is 5.40. The van der Waals surface area contributed by atoms with Gasteiger partial charge in [-0.3, -0.25) is 0 Å². The molecule has 104 valence electrons. The maximum Gasteiger partial charge on any atom is 0.231 e. The van der Waals surface area contributed by atoms with Gasteiger partial charge in [0, 0.05) is 4.83 Å². The average Bonchev–Trinajstić information content (AvgIpc) is 2.90. The molecule has 1 aliphatic rings. The minimum Gasteiger partial charge on any atom is -0.454 e. The van der Waals surface area contributed by atoms with Crippen LogP contribution in [0, 0.1) is 0 Å². The second kappa shape index (κ2) is 5.84. The van der Waals surface area contributed by atoms with Crippen LogP contribution in [-0.2, 0) is 6.42 Å². The molecule has 2 aromatic rings. The Hall–Kier alpha value is -0.900. The SMILES string of the molecule is Clc1ccc(CC(Br)c2ccc3c(c2)OCO3)cc1Cl. The quantitative estimate of drug-likeness (QED) is 0.670. The second-order valence-corrected chi connectivity index (χ2v) is 6.45. The summed E-state index contributed by atoms with van der Waals surface area (Å²) in [5.74, 6) is 1.59. The fraction of sp³-hybridized carbons (Fsp3) is 0.200. The molecule has 0 fully saturated rings. The number of hydrogen-bond donors (Lipinski definition) is 0. The minimum atomic E-state index is 0.175. The van der Waals surface area contributed by atoms with E-state index in [9.17, 15) is 0 Å². The van der Waals surface area contributed by atoms with Crippen molar-refractivity contribution in [3.8, 4) is 11.5 Å². The van der Waals surface area contributed by atoms with Crippen LogP contribution < -0.4 is 9.47 Å². The van der Waals surface area contributed by atoms with Gasteiger partial charge in [0.25, 0.3) is 0 Å². The lowest BCUT2D eigenvalue weighted by molar-refractivity contribution is 0.174. The topological polar surface area (TPSA) is 18.5 Å². The van der Waals surface area contributed by atoms with Crippen molar-refractivity contribution < 1.29 is 9.47 Å². The van der Waals surface area contributed by atoms with E-state index in [0.717, 1.165) is 29.0 Å². The van der Waals surface area contributed by atoms with Crippen molar-refractivity contribution in [3.63, 3.8) is 0 Å². The zero-order chi connectivity index (χ0) is 14.1. The Morgan fingerprint density at radius 3 is 2.60 bits per heavy atom. The van der Waals surface area contributed by atoms with Crippen LogP contribution in [0.15, 0.2) is 36.4 Å². The fourth-order valence-corrected chi connectivity index (χ4v) is 3.08. The highest BCUT2D eigenvalue weighted by Gasteiger charge is 2.17. The number of fused-ring (bicyclic) bond motifs is 1. The van der Waals surface area contributed by atoms with Gasteiger partial charge in [0.2, 0.25) is 6.79 Å². The van der Waals surface area contributed by atoms with Crippen LogP contribution >= 0.6 is 39.1 Å². The summed E-state index contributed by atoms with van der Waals surface area (Å²) in [6.07, 6.45) is 0.816. The van der Waals surface area contributed by atoms with Crippen LogP contribution in [0.2, 0.25) is 10.0 Å². The predicted molar refractivity (Wildman–Crippen MR) is 84.4 cm³/mol. The number of rotatable bonds is 3. The van der Waals surface area contributed by atoms with Crippen LogP contribution in [-0.4, -0.2) is 6.79 Å². The lowest BCUT2D eigenvalue weighted by Crippen LogP contribution is -1.96. The van der Waals surface area contributed by atoms with E-state index in [1.54, 1.807) is 0 Å². The lowest BCUT2D eigenvalue weighted by Gasteiger charge is -2.11. The summed E-state index contributed by atoms with van der Waals surface area (Å²) < 4.78 is 10.7. The number of alkyl halides is 1. The maximum absolute atomic E-state index is 6.04. The van der Waals surface area contributed by atoms with Crippen LogP contribution in [0.25, 0.3) is 0 Å². The molecule has 1 unspecified atom stereocenters. The molecule has 1 atom stereocenters. The van der Waals surface area contributed by atoms with Crippen LogP contribution in [0.5, 0.6) is 11.5 Å². The zero-order valence-corrected chi connectivity index (χ0v) is 13.5. The number of hydrogen-bond acceptors (Lipinski definition) is 2. The monoisotopic (exact) mass is 372 g/mol. The minimum absolute atomic E-state index is 0.175. The summed E-state index contributed by atoms with van der Waals surface area (Å²) in [6.45, 7) is 0.290. The van der Waals surface area contributed by atoms with E-state index in [2.05, 4.69) is 15.9 Å². The van der Waals surface area contributed by atoms with Crippen molar-refractivity contribution in [1.29, 1.82) is 0 Å². The van der Waals surface area contributed by atoms with E-state index in [1.165, 1.54) is 0 Å². The summed E-state index contributed by atoms with van der Waals surface area (Å²) in [4.78, 5) is 0.175. The molecule has 0 spiro atoms. The van der Waals surface area contributed by atoms with E-state index in [-0.39, 0.29) is 4.83 Å². The van der Waals surface area contributed by atoms with Gasteiger partial charge in [0.05, 0.1) is 10.0 Å². The molecule has 0 N–H and O–H groups in total. The average molecular weight is 374 g/mol. The molecule has 2 nitrogen and oxygen atoms in total. The first-order valence-corrected chi connectivity index (χ1v) is 7.78. The van der Waals surface area contributed by atoms with Crippen molar-refractivity contribution in [3.05, 3.63) is 57.6 Å². The largest absolute Gasteiger partial charge is 0.454 e. The van der Waals surface area contributed by atoms with Gasteiger partial charge in [-0.1, -0.05) is 51.3 Å². The third-order valence-electron chi connectivity index (χ3n) is 3.16. The van der Waals surface area contributed by atoms with Crippen molar-refractivity contribution in [2.75, 3.05) is 6.79 Å². The van der Waals surface area contributed by atoms with Gasteiger partial charge in [0.1, 0.15) is 0 Å². The fourth-order valence-electron chi connectivity index (χ4n) is 2.10. The molecular formula is C15H11BrCl2O2. The summed E-state index contributed by atoms with van der Waals surface area (Å²) in [5, 5.41) is 1.15. The molecule has 0 aromatic heterocycles. The molecule has 5 heteroatoms. The summed E-state index contributed by atoms with van der Waals surface area (Å²) in [6, 6.07) is 11.7. The highest BCUT2D eigenvalue weighted by molar-refractivity contribution is 9.09. The molecule has 0 saturated carbocycles. The van der Waals surface area contributed by atoms with E-state index < -0.39 is 0 Å². The molecule has 0 amide bonds. The Balaban J connectivity index is 1.78. The number of ether oxygens (including phenoxy) is 2. The second-order valence-electron chi connectivity index (χ2n) is 4.53. The summed E-state index contributed by atoms with van der Waals surface area (Å²) >= 11 is 15.7. The molecule has 1 aliphatic heterocycles. The third kappa shape index (κ3) is 2.90. The van der Waals surface area contributed by atoms with E-state index >= 15 is 0 Å². The zero-order valence-electron chi connectivity index (χ0n) is 10.4. The van der Waals surface area contributed by atoms with Crippen LogP contribution in [0.4, 0.5) is 0 Å². The van der Waals surface area contributed by atoms with Crippen molar-refractivity contribution in [2.24, 2.45) is 0 Å². The Morgan fingerprint density at radius 2 is 1.80 bits per heavy atom. The van der Waals surface area contributed by atoms with Crippen molar-refractivity contribution in [2.45, 2.75) is 11.2 Å². The van der Waals surface area contributed by atoms with Gasteiger partial charge in [-0.2, -0.15) is 0 Å². The number of benzene rings is 2. The number of halogens is 3. The van der Waals surface area contributed by atoms with Crippen molar-refractivity contribution >= 4 is 39.1 Å². The molecule has 20 heavy (non-hydrogen) atoms. The molecule has 1 heterocycles. The van der Waals surface area contributed by atoms with Crippen molar-refractivity contribution in [1.82, 2.24) is 0 Å². The highest BCUT2D eigenvalue weighted by atomic mass is 79.9. The molecule has 0 radical (unpaired) electrons.